The molecule has 1 N–H and O–H groups in total. The Kier molecular flexibility index (Phi) is 3.98. The van der Waals surface area contributed by atoms with E-state index in [1.807, 2.05) is 23.6 Å². The molecule has 1 amide bonds. The van der Waals surface area contributed by atoms with Crippen molar-refractivity contribution in [2.75, 3.05) is 11.1 Å². The van der Waals surface area contributed by atoms with Crippen molar-refractivity contribution >= 4 is 40.3 Å². The van der Waals surface area contributed by atoms with E-state index in [-0.39, 0.29) is 5.91 Å². The first-order valence-corrected chi connectivity index (χ1v) is 8.04. The number of pyridine rings is 1. The number of thioether (sulfide) groups is 1. The number of fused-ring (bicyclic) bond motifs is 1. The molecule has 0 saturated heterocycles. The van der Waals surface area contributed by atoms with Crippen LogP contribution < -0.4 is 5.32 Å². The minimum atomic E-state index is -0.00831. The zero-order chi connectivity index (χ0) is 13.8. The topological polar surface area (TPSA) is 59.3 Å². The number of rotatable bonds is 5. The zero-order valence-electron chi connectivity index (χ0n) is 10.5. The van der Waals surface area contributed by atoms with Crippen LogP contribution >= 0.6 is 23.1 Å². The molecule has 0 fully saturated rings. The number of hydrogen-bond acceptors (Lipinski definition) is 5. The molecule has 5 nitrogen and oxygen atoms in total. The second kappa shape index (κ2) is 6.06. The van der Waals surface area contributed by atoms with Crippen LogP contribution in [0.15, 0.2) is 42.2 Å². The van der Waals surface area contributed by atoms with Gasteiger partial charge >= 0.3 is 0 Å². The molecule has 0 bridgehead atoms. The van der Waals surface area contributed by atoms with Crippen molar-refractivity contribution in [1.29, 1.82) is 0 Å². The molecule has 0 atom stereocenters. The molecule has 3 aromatic rings. The Hall–Kier alpha value is -1.86. The molecule has 0 radical (unpaired) electrons. The molecule has 3 rings (SSSR count). The van der Waals surface area contributed by atoms with Crippen LogP contribution in [0.4, 0.5) is 5.69 Å². The minimum Gasteiger partial charge on any atom is -0.324 e. The van der Waals surface area contributed by atoms with Crippen molar-refractivity contribution in [2.45, 2.75) is 5.75 Å². The summed E-state index contributed by atoms with van der Waals surface area (Å²) in [5.74, 6) is 1.30. The number of anilines is 1. The lowest BCUT2D eigenvalue weighted by Gasteiger charge is -2.05. The minimum absolute atomic E-state index is 0.00831. The van der Waals surface area contributed by atoms with Gasteiger partial charge in [-0.05, 0) is 23.6 Å². The molecule has 0 aromatic carbocycles. The maximum atomic E-state index is 11.8. The number of nitrogens with zero attached hydrogens (tertiary/aromatic N) is 3. The fraction of sp³-hybridized carbons (Fsp3) is 0.154. The van der Waals surface area contributed by atoms with Crippen LogP contribution in [0.3, 0.4) is 0 Å². The standard InChI is InChI=1S/C13H12N4OS2/c18-13(8-19-7-11-2-1-5-20-11)16-10-3-4-12-14-9-15-17(12)6-10/h1-6,9H,7-8H2,(H,16,18). The fourth-order valence-electron chi connectivity index (χ4n) is 1.73. The maximum absolute atomic E-state index is 11.8. The lowest BCUT2D eigenvalue weighted by Crippen LogP contribution is -2.14. The molecule has 0 spiro atoms. The number of amides is 1. The molecule has 0 unspecified atom stereocenters. The number of thiophene rings is 1. The van der Waals surface area contributed by atoms with Gasteiger partial charge in [-0.2, -0.15) is 5.10 Å². The Morgan fingerprint density at radius 1 is 1.40 bits per heavy atom. The molecule has 3 aromatic heterocycles. The van der Waals surface area contributed by atoms with Gasteiger partial charge in [0.2, 0.25) is 5.91 Å². The van der Waals surface area contributed by atoms with Gasteiger partial charge in [-0.1, -0.05) is 6.07 Å². The monoisotopic (exact) mass is 304 g/mol. The molecular weight excluding hydrogens is 292 g/mol. The number of hydrogen-bond donors (Lipinski definition) is 1. The molecular formula is C13H12N4OS2. The van der Waals surface area contributed by atoms with Gasteiger partial charge in [-0.15, -0.1) is 23.1 Å². The third-order valence-corrected chi connectivity index (χ3v) is 4.66. The van der Waals surface area contributed by atoms with Gasteiger partial charge in [0, 0.05) is 10.6 Å². The van der Waals surface area contributed by atoms with E-state index in [0.717, 1.165) is 17.1 Å². The normalized spacial score (nSPS) is 10.8. The van der Waals surface area contributed by atoms with Gasteiger partial charge in [0.15, 0.2) is 5.65 Å². The number of carbonyl (C=O) groups is 1. The van der Waals surface area contributed by atoms with Crippen LogP contribution in [-0.2, 0) is 10.5 Å². The Morgan fingerprint density at radius 2 is 2.35 bits per heavy atom. The highest BCUT2D eigenvalue weighted by atomic mass is 32.2. The van der Waals surface area contributed by atoms with Gasteiger partial charge < -0.3 is 5.32 Å². The van der Waals surface area contributed by atoms with Gasteiger partial charge in [-0.25, -0.2) is 9.50 Å². The highest BCUT2D eigenvalue weighted by molar-refractivity contribution is 7.99. The summed E-state index contributed by atoms with van der Waals surface area (Å²) in [5, 5.41) is 8.94. The average Bonchev–Trinajstić information content (AvgIpc) is 3.08. The number of nitrogens with one attached hydrogen (secondary N) is 1. The summed E-state index contributed by atoms with van der Waals surface area (Å²) in [6.07, 6.45) is 3.24. The van der Waals surface area contributed by atoms with Crippen LogP contribution in [0.5, 0.6) is 0 Å². The largest absolute Gasteiger partial charge is 0.324 e. The smallest absolute Gasteiger partial charge is 0.234 e. The van der Waals surface area contributed by atoms with E-state index < -0.39 is 0 Å². The fourth-order valence-corrected chi connectivity index (χ4v) is 3.40. The van der Waals surface area contributed by atoms with E-state index in [1.54, 1.807) is 33.8 Å². The van der Waals surface area contributed by atoms with Crippen LogP contribution in [-0.4, -0.2) is 26.3 Å². The summed E-state index contributed by atoms with van der Waals surface area (Å²) >= 11 is 3.32. The Balaban J connectivity index is 1.52. The van der Waals surface area contributed by atoms with E-state index in [2.05, 4.69) is 21.5 Å². The molecule has 20 heavy (non-hydrogen) atoms. The van der Waals surface area contributed by atoms with Crippen LogP contribution in [0.2, 0.25) is 0 Å². The predicted octanol–water partition coefficient (Wildman–Crippen LogP) is 2.66. The predicted molar refractivity (Wildman–Crippen MR) is 82.1 cm³/mol. The lowest BCUT2D eigenvalue weighted by molar-refractivity contribution is -0.113. The zero-order valence-corrected chi connectivity index (χ0v) is 12.2. The Bertz CT molecular complexity index is 708. The Morgan fingerprint density at radius 3 is 3.20 bits per heavy atom. The molecule has 3 heterocycles. The second-order valence-electron chi connectivity index (χ2n) is 4.10. The van der Waals surface area contributed by atoms with Crippen molar-refractivity contribution in [3.05, 3.63) is 47.0 Å². The molecule has 0 saturated carbocycles. The quantitative estimate of drug-likeness (QED) is 0.787. The van der Waals surface area contributed by atoms with E-state index in [9.17, 15) is 4.79 Å². The number of aromatic nitrogens is 3. The van der Waals surface area contributed by atoms with Gasteiger partial charge in [0.05, 0.1) is 17.6 Å². The first-order valence-electron chi connectivity index (χ1n) is 6.00. The summed E-state index contributed by atoms with van der Waals surface area (Å²) in [6, 6.07) is 7.75. The van der Waals surface area contributed by atoms with Crippen LogP contribution in [0, 0.1) is 0 Å². The first kappa shape index (κ1) is 13.1. The Labute approximate surface area is 124 Å². The van der Waals surface area contributed by atoms with E-state index in [4.69, 9.17) is 0 Å². The SMILES string of the molecule is O=C(CSCc1cccs1)Nc1ccc2ncnn2c1. The maximum Gasteiger partial charge on any atom is 0.234 e. The summed E-state index contributed by atoms with van der Waals surface area (Å²) < 4.78 is 1.63. The van der Waals surface area contributed by atoms with E-state index in [1.165, 1.54) is 11.2 Å². The van der Waals surface area contributed by atoms with Crippen LogP contribution in [0.1, 0.15) is 4.88 Å². The van der Waals surface area contributed by atoms with Crippen molar-refractivity contribution < 1.29 is 4.79 Å². The summed E-state index contributed by atoms with van der Waals surface area (Å²) in [7, 11) is 0. The van der Waals surface area contributed by atoms with Crippen molar-refractivity contribution in [2.24, 2.45) is 0 Å². The third kappa shape index (κ3) is 3.17. The highest BCUT2D eigenvalue weighted by Crippen LogP contribution is 2.17. The first-order chi connectivity index (χ1) is 9.81. The summed E-state index contributed by atoms with van der Waals surface area (Å²) in [4.78, 5) is 17.2. The van der Waals surface area contributed by atoms with Crippen molar-refractivity contribution in [3.8, 4) is 0 Å². The average molecular weight is 304 g/mol. The summed E-state index contributed by atoms with van der Waals surface area (Å²) in [5.41, 5.74) is 1.49. The molecule has 0 aliphatic heterocycles. The molecule has 102 valence electrons. The van der Waals surface area contributed by atoms with Crippen LogP contribution in [0.25, 0.3) is 5.65 Å². The van der Waals surface area contributed by atoms with E-state index >= 15 is 0 Å². The van der Waals surface area contributed by atoms with E-state index in [0.29, 0.717) is 5.75 Å². The van der Waals surface area contributed by atoms with Crippen molar-refractivity contribution in [1.82, 2.24) is 14.6 Å². The molecule has 0 aliphatic rings. The summed E-state index contributed by atoms with van der Waals surface area (Å²) in [6.45, 7) is 0. The second-order valence-corrected chi connectivity index (χ2v) is 6.12. The lowest BCUT2D eigenvalue weighted by atomic mass is 10.4. The van der Waals surface area contributed by atoms with Gasteiger partial charge in [0.1, 0.15) is 6.33 Å². The van der Waals surface area contributed by atoms with Gasteiger partial charge in [-0.3, -0.25) is 4.79 Å². The van der Waals surface area contributed by atoms with Crippen molar-refractivity contribution in [3.63, 3.8) is 0 Å². The molecule has 0 aliphatic carbocycles. The third-order valence-electron chi connectivity index (χ3n) is 2.62. The number of carbonyl (C=O) groups excluding carboxylic acids is 1. The molecule has 7 heteroatoms. The highest BCUT2D eigenvalue weighted by Gasteiger charge is 2.04. The van der Waals surface area contributed by atoms with Gasteiger partial charge in [0.25, 0.3) is 0 Å².